The highest BCUT2D eigenvalue weighted by molar-refractivity contribution is 5.99. The van der Waals surface area contributed by atoms with Crippen molar-refractivity contribution in [2.45, 2.75) is 152 Å². The van der Waals surface area contributed by atoms with E-state index in [2.05, 4.69) is 53.2 Å². The van der Waals surface area contributed by atoms with Crippen molar-refractivity contribution in [3.63, 3.8) is 0 Å². The minimum atomic E-state index is -1.68. The van der Waals surface area contributed by atoms with Gasteiger partial charge in [0.1, 0.15) is 54.4 Å². The van der Waals surface area contributed by atoms with Crippen LogP contribution in [0.3, 0.4) is 0 Å². The summed E-state index contributed by atoms with van der Waals surface area (Å²) >= 11 is 0. The molecule has 22 N–H and O–H groups in total. The van der Waals surface area contributed by atoms with Crippen LogP contribution in [0.5, 0.6) is 0 Å². The van der Waals surface area contributed by atoms with Crippen molar-refractivity contribution in [2.75, 3.05) is 32.7 Å². The lowest BCUT2D eigenvalue weighted by Gasteiger charge is -2.30. The van der Waals surface area contributed by atoms with Crippen LogP contribution in [-0.4, -0.2) is 169 Å². The number of aliphatic hydroxyl groups is 2. The Morgan fingerprint density at radius 3 is 1.68 bits per heavy atom. The van der Waals surface area contributed by atoms with Crippen LogP contribution in [0.1, 0.15) is 90.3 Å². The molecule has 2 aromatic rings. The van der Waals surface area contributed by atoms with E-state index in [9.17, 15) is 58.2 Å². The van der Waals surface area contributed by atoms with Crippen LogP contribution >= 0.6 is 0 Å². The van der Waals surface area contributed by atoms with Gasteiger partial charge < -0.3 is 92.0 Å². The van der Waals surface area contributed by atoms with Crippen molar-refractivity contribution in [1.82, 2.24) is 53.2 Å². The van der Waals surface area contributed by atoms with Crippen LogP contribution in [0.25, 0.3) is 0 Å². The molecule has 27 heteroatoms. The quantitative estimate of drug-likeness (QED) is 0.0523. The molecule has 444 valence electrons. The Labute approximate surface area is 466 Å². The van der Waals surface area contributed by atoms with E-state index < -0.39 is 151 Å². The zero-order chi connectivity index (χ0) is 59.6. The molecule has 1 fully saturated rings. The van der Waals surface area contributed by atoms with Crippen molar-refractivity contribution in [2.24, 2.45) is 40.5 Å². The molecule has 0 bridgehead atoms. The number of nitrogens with one attached hydrogen (secondary N) is 10. The second-order valence-corrected chi connectivity index (χ2v) is 20.4. The lowest BCUT2D eigenvalue weighted by molar-refractivity contribution is -0.137. The zero-order valence-electron chi connectivity index (χ0n) is 46.2. The molecule has 13 atom stereocenters. The fraction of sp³-hybridized carbons (Fsp3) is 0.585. The van der Waals surface area contributed by atoms with Gasteiger partial charge in [-0.2, -0.15) is 0 Å². The molecule has 3 unspecified atom stereocenters. The Morgan fingerprint density at radius 1 is 0.613 bits per heavy atom. The van der Waals surface area contributed by atoms with E-state index in [0.717, 1.165) is 0 Å². The first-order valence-electron chi connectivity index (χ1n) is 27.0. The molecule has 0 aliphatic carbocycles. The minimum Gasteiger partial charge on any atom is -0.391 e. The molecule has 80 heavy (non-hydrogen) atoms. The standard InChI is InChI=1S/C53H85N15O12/c1-28(2)24-39-49(76)61-35(16-20-54)45(72)60-37(18-22-56)47(74)68-43(30(4)69)51(78)59-23-19-38(48(75)67-42(29(3)27-57)52(79)65-40(50(77)64-39)25-32-12-8-6-9-13-32)62-46(73)36(17-21-55)63-53(80)44(31(5)70)66-41(71)26-34(58)33-14-10-7-11-15-33/h6-15,28-31,34-40,42-44,69-70H,16-27,54-58H2,1-5H3,(H,59,78)(H,60,72)(H,61,76)(H,62,73)(H,63,80)(H,64,77)(H,65,79)(H,66,71)(H,67,75)(H,68,74)/t29-,30?,31?,34?,35-,36-,37-,38-,39-,40+,42-,43-,44-/m0/s1. The Kier molecular flexibility index (Phi) is 28.6. The van der Waals surface area contributed by atoms with Crippen LogP contribution in [0.15, 0.2) is 60.7 Å². The first-order valence-corrected chi connectivity index (χ1v) is 27.0. The van der Waals surface area contributed by atoms with E-state index in [1.807, 2.05) is 0 Å². The zero-order valence-corrected chi connectivity index (χ0v) is 46.2. The molecular formula is C53H85N15O12. The summed E-state index contributed by atoms with van der Waals surface area (Å²) in [6, 6.07) is 3.10. The van der Waals surface area contributed by atoms with Crippen molar-refractivity contribution < 1.29 is 58.2 Å². The van der Waals surface area contributed by atoms with Crippen molar-refractivity contribution >= 4 is 59.1 Å². The third-order valence-corrected chi connectivity index (χ3v) is 13.2. The first-order chi connectivity index (χ1) is 37.9. The van der Waals surface area contributed by atoms with Crippen molar-refractivity contribution in [1.29, 1.82) is 0 Å². The number of rotatable bonds is 22. The molecule has 1 aliphatic rings. The van der Waals surface area contributed by atoms with Gasteiger partial charge in [-0.25, -0.2) is 0 Å². The normalized spacial score (nSPS) is 23.6. The highest BCUT2D eigenvalue weighted by Gasteiger charge is 2.38. The van der Waals surface area contributed by atoms with Crippen LogP contribution in [0.4, 0.5) is 0 Å². The summed E-state index contributed by atoms with van der Waals surface area (Å²) in [5, 5.41) is 47.0. The number of nitrogens with two attached hydrogens (primary N) is 5. The molecule has 2 aromatic carbocycles. The summed E-state index contributed by atoms with van der Waals surface area (Å²) in [5.74, 6) is -10.1. The number of aliphatic hydroxyl groups excluding tert-OH is 2. The molecule has 0 aromatic heterocycles. The summed E-state index contributed by atoms with van der Waals surface area (Å²) in [5.41, 5.74) is 31.1. The molecule has 1 heterocycles. The van der Waals surface area contributed by atoms with Crippen LogP contribution < -0.4 is 81.8 Å². The number of carbonyl (C=O) groups excluding carboxylic acids is 10. The number of hydrogen-bond donors (Lipinski definition) is 17. The maximum atomic E-state index is 14.6. The summed E-state index contributed by atoms with van der Waals surface area (Å²) in [7, 11) is 0. The molecule has 27 nitrogen and oxygen atoms in total. The second-order valence-electron chi connectivity index (χ2n) is 20.4. The molecule has 10 amide bonds. The van der Waals surface area contributed by atoms with Gasteiger partial charge in [-0.3, -0.25) is 47.9 Å². The average Bonchev–Trinajstić information content (AvgIpc) is 3.41. The van der Waals surface area contributed by atoms with E-state index in [0.29, 0.717) is 11.1 Å². The van der Waals surface area contributed by atoms with E-state index in [1.165, 1.54) is 20.8 Å². The summed E-state index contributed by atoms with van der Waals surface area (Å²) in [6.45, 7) is 6.48. The van der Waals surface area contributed by atoms with Gasteiger partial charge >= 0.3 is 0 Å². The summed E-state index contributed by atoms with van der Waals surface area (Å²) in [6.07, 6.45) is -4.35. The van der Waals surface area contributed by atoms with Gasteiger partial charge in [0.25, 0.3) is 0 Å². The summed E-state index contributed by atoms with van der Waals surface area (Å²) in [4.78, 5) is 140. The van der Waals surface area contributed by atoms with Gasteiger partial charge in [-0.05, 0) is 95.1 Å². The first kappa shape index (κ1) is 67.1. The molecular weight excluding hydrogens is 1040 g/mol. The maximum Gasteiger partial charge on any atom is 0.245 e. The minimum absolute atomic E-state index is 0.0510. The predicted molar refractivity (Wildman–Crippen MR) is 295 cm³/mol. The highest BCUT2D eigenvalue weighted by atomic mass is 16.3. The smallest absolute Gasteiger partial charge is 0.245 e. The number of amides is 10. The lowest BCUT2D eigenvalue weighted by atomic mass is 9.98. The van der Waals surface area contributed by atoms with Crippen LogP contribution in [-0.2, 0) is 54.4 Å². The fourth-order valence-electron chi connectivity index (χ4n) is 8.57. The lowest BCUT2D eigenvalue weighted by Crippen LogP contribution is -2.62. The van der Waals surface area contributed by atoms with Crippen molar-refractivity contribution in [3.05, 3.63) is 71.8 Å². The van der Waals surface area contributed by atoms with Gasteiger partial charge in [0.2, 0.25) is 59.1 Å². The molecule has 0 radical (unpaired) electrons. The van der Waals surface area contributed by atoms with Gasteiger partial charge in [0, 0.05) is 25.4 Å². The topological polar surface area (TPSA) is 462 Å². The van der Waals surface area contributed by atoms with Crippen LogP contribution in [0.2, 0.25) is 0 Å². The Morgan fingerprint density at radius 2 is 1.14 bits per heavy atom. The highest BCUT2D eigenvalue weighted by Crippen LogP contribution is 2.15. The van der Waals surface area contributed by atoms with Gasteiger partial charge in [0.05, 0.1) is 12.2 Å². The average molecular weight is 1120 g/mol. The molecule has 0 saturated carbocycles. The van der Waals surface area contributed by atoms with Gasteiger partial charge in [0.15, 0.2) is 0 Å². The van der Waals surface area contributed by atoms with E-state index in [4.69, 9.17) is 28.7 Å². The number of carbonyl (C=O) groups is 10. The van der Waals surface area contributed by atoms with Crippen molar-refractivity contribution in [3.8, 4) is 0 Å². The third-order valence-electron chi connectivity index (χ3n) is 13.2. The third kappa shape index (κ3) is 21.8. The fourth-order valence-corrected chi connectivity index (χ4v) is 8.57. The van der Waals surface area contributed by atoms with E-state index in [1.54, 1.807) is 74.5 Å². The predicted octanol–water partition coefficient (Wildman–Crippen LogP) is -5.35. The molecule has 0 spiro atoms. The van der Waals surface area contributed by atoms with E-state index >= 15 is 0 Å². The molecule has 1 aliphatic heterocycles. The molecule has 1 saturated heterocycles. The number of hydrogen-bond acceptors (Lipinski definition) is 17. The largest absolute Gasteiger partial charge is 0.391 e. The second kappa shape index (κ2) is 34.1. The Balaban J connectivity index is 2.12. The van der Waals surface area contributed by atoms with Gasteiger partial charge in [-0.15, -0.1) is 0 Å². The van der Waals surface area contributed by atoms with Gasteiger partial charge in [-0.1, -0.05) is 81.4 Å². The maximum absolute atomic E-state index is 14.6. The number of benzene rings is 2. The van der Waals surface area contributed by atoms with Crippen LogP contribution in [0, 0.1) is 11.8 Å². The Hall–Kier alpha value is -7.14. The monoisotopic (exact) mass is 1120 g/mol. The van der Waals surface area contributed by atoms with E-state index in [-0.39, 0.29) is 70.6 Å². The summed E-state index contributed by atoms with van der Waals surface area (Å²) < 4.78 is 0. The molecule has 3 rings (SSSR count). The SMILES string of the molecule is CC(C)C[C@@H]1NC(=O)[C@@H](Cc2ccccc2)NC(=O)[C@H]([C@@H](C)CN)NC(=O)[C@@H](NC(=O)[C@H](CCN)NC(=O)[C@@H](NC(=O)CC(N)c2ccccc2)C(C)O)CCNC(=O)[C@H](C(C)O)NC(=O)[C@H](CCN)NC(=O)[C@H](CCN)NC1=O. The Bertz CT molecular complexity index is 2370.